The molecule has 1 fully saturated rings. The molecule has 1 aliphatic carbocycles. The van der Waals surface area contributed by atoms with Gasteiger partial charge in [0.2, 0.25) is 0 Å². The van der Waals surface area contributed by atoms with Crippen molar-refractivity contribution in [2.45, 2.75) is 52.9 Å². The molecule has 20 heavy (non-hydrogen) atoms. The molecule has 106 valence electrons. The van der Waals surface area contributed by atoms with Crippen molar-refractivity contribution < 1.29 is 0 Å². The molecule has 1 aliphatic rings. The number of aromatic nitrogens is 1. The molecular formula is C19H25N. The number of hydrogen-bond donors (Lipinski definition) is 0. The van der Waals surface area contributed by atoms with Crippen LogP contribution in [0.1, 0.15) is 58.4 Å². The Morgan fingerprint density at radius 2 is 1.95 bits per heavy atom. The SMILES string of the molecule is CCC1(C)C(c2ccc3ccncc3c2)CCC1(C)C. The zero-order valence-corrected chi connectivity index (χ0v) is 13.1. The molecule has 0 aliphatic heterocycles. The minimum Gasteiger partial charge on any atom is -0.264 e. The van der Waals surface area contributed by atoms with Crippen LogP contribution in [0.4, 0.5) is 0 Å². The van der Waals surface area contributed by atoms with Crippen LogP contribution in [0.2, 0.25) is 0 Å². The highest BCUT2D eigenvalue weighted by Crippen LogP contribution is 2.61. The van der Waals surface area contributed by atoms with Crippen LogP contribution in [0.5, 0.6) is 0 Å². The molecule has 2 aromatic rings. The first-order valence-electron chi connectivity index (χ1n) is 7.81. The van der Waals surface area contributed by atoms with Gasteiger partial charge in [-0.15, -0.1) is 0 Å². The van der Waals surface area contributed by atoms with E-state index in [1.54, 1.807) is 0 Å². The summed E-state index contributed by atoms with van der Waals surface area (Å²) in [6.07, 6.45) is 7.74. The van der Waals surface area contributed by atoms with Crippen molar-refractivity contribution in [1.82, 2.24) is 4.98 Å². The van der Waals surface area contributed by atoms with E-state index in [0.29, 0.717) is 16.7 Å². The first kappa shape index (κ1) is 13.6. The van der Waals surface area contributed by atoms with Gasteiger partial charge in [0.25, 0.3) is 0 Å². The summed E-state index contributed by atoms with van der Waals surface area (Å²) in [7, 11) is 0. The zero-order chi connectivity index (χ0) is 14.4. The van der Waals surface area contributed by atoms with Crippen LogP contribution in [0.3, 0.4) is 0 Å². The molecule has 1 saturated carbocycles. The summed E-state index contributed by atoms with van der Waals surface area (Å²) < 4.78 is 0. The summed E-state index contributed by atoms with van der Waals surface area (Å²) in [6, 6.07) is 9.05. The Kier molecular flexibility index (Phi) is 3.12. The van der Waals surface area contributed by atoms with Gasteiger partial charge in [0.05, 0.1) is 0 Å². The molecule has 0 N–H and O–H groups in total. The van der Waals surface area contributed by atoms with Crippen molar-refractivity contribution in [1.29, 1.82) is 0 Å². The average molecular weight is 267 g/mol. The molecule has 1 nitrogen and oxygen atoms in total. The summed E-state index contributed by atoms with van der Waals surface area (Å²) in [4.78, 5) is 4.27. The Labute approximate surface area is 122 Å². The highest BCUT2D eigenvalue weighted by molar-refractivity contribution is 5.82. The minimum absolute atomic E-state index is 0.392. The average Bonchev–Trinajstić information content (AvgIpc) is 2.70. The topological polar surface area (TPSA) is 12.9 Å². The maximum absolute atomic E-state index is 4.27. The van der Waals surface area contributed by atoms with Crippen molar-refractivity contribution in [3.8, 4) is 0 Å². The predicted octanol–water partition coefficient (Wildman–Crippen LogP) is 5.55. The van der Waals surface area contributed by atoms with E-state index in [0.717, 1.165) is 0 Å². The molecule has 0 bridgehead atoms. The van der Waals surface area contributed by atoms with Gasteiger partial charge in [0.1, 0.15) is 0 Å². The molecule has 0 saturated heterocycles. The quantitative estimate of drug-likeness (QED) is 0.694. The van der Waals surface area contributed by atoms with Crippen LogP contribution in [-0.2, 0) is 0 Å². The lowest BCUT2D eigenvalue weighted by Crippen LogP contribution is -2.33. The molecule has 1 aromatic carbocycles. The molecule has 2 unspecified atom stereocenters. The fraction of sp³-hybridized carbons (Fsp3) is 0.526. The van der Waals surface area contributed by atoms with Gasteiger partial charge in [-0.25, -0.2) is 0 Å². The molecule has 1 heteroatoms. The van der Waals surface area contributed by atoms with Crippen LogP contribution in [0.15, 0.2) is 36.7 Å². The summed E-state index contributed by atoms with van der Waals surface area (Å²) in [6.45, 7) is 9.72. The molecule has 0 spiro atoms. The van der Waals surface area contributed by atoms with Crippen LogP contribution < -0.4 is 0 Å². The molecule has 0 radical (unpaired) electrons. The van der Waals surface area contributed by atoms with Gasteiger partial charge >= 0.3 is 0 Å². The number of pyridine rings is 1. The second kappa shape index (κ2) is 4.58. The summed E-state index contributed by atoms with van der Waals surface area (Å²) >= 11 is 0. The lowest BCUT2D eigenvalue weighted by Gasteiger charge is -2.42. The van der Waals surface area contributed by atoms with E-state index in [1.807, 2.05) is 12.4 Å². The Hall–Kier alpha value is -1.37. The van der Waals surface area contributed by atoms with Crippen LogP contribution >= 0.6 is 0 Å². The minimum atomic E-state index is 0.392. The van der Waals surface area contributed by atoms with Crippen molar-refractivity contribution in [2.24, 2.45) is 10.8 Å². The smallest absolute Gasteiger partial charge is 0.0346 e. The highest BCUT2D eigenvalue weighted by Gasteiger charge is 2.50. The van der Waals surface area contributed by atoms with Gasteiger partial charge in [-0.2, -0.15) is 0 Å². The van der Waals surface area contributed by atoms with Gasteiger partial charge in [0, 0.05) is 17.8 Å². The zero-order valence-electron chi connectivity index (χ0n) is 13.1. The van der Waals surface area contributed by atoms with E-state index in [2.05, 4.69) is 56.9 Å². The summed E-state index contributed by atoms with van der Waals surface area (Å²) in [5.74, 6) is 0.673. The third-order valence-corrected chi connectivity index (χ3v) is 6.17. The van der Waals surface area contributed by atoms with Gasteiger partial charge in [-0.1, -0.05) is 39.8 Å². The third-order valence-electron chi connectivity index (χ3n) is 6.17. The molecule has 1 aromatic heterocycles. The van der Waals surface area contributed by atoms with Crippen molar-refractivity contribution in [2.75, 3.05) is 0 Å². The largest absolute Gasteiger partial charge is 0.264 e. The number of nitrogens with zero attached hydrogens (tertiary/aromatic N) is 1. The van der Waals surface area contributed by atoms with E-state index in [-0.39, 0.29) is 0 Å². The fourth-order valence-electron chi connectivity index (χ4n) is 4.16. The number of fused-ring (bicyclic) bond motifs is 1. The number of hydrogen-bond acceptors (Lipinski definition) is 1. The first-order valence-corrected chi connectivity index (χ1v) is 7.81. The van der Waals surface area contributed by atoms with Gasteiger partial charge in [0.15, 0.2) is 0 Å². The van der Waals surface area contributed by atoms with Crippen molar-refractivity contribution in [3.05, 3.63) is 42.2 Å². The molecule has 1 heterocycles. The van der Waals surface area contributed by atoms with E-state index < -0.39 is 0 Å². The van der Waals surface area contributed by atoms with E-state index in [9.17, 15) is 0 Å². The summed E-state index contributed by atoms with van der Waals surface area (Å²) in [5, 5.41) is 2.56. The van der Waals surface area contributed by atoms with Crippen LogP contribution in [0.25, 0.3) is 10.8 Å². The molecular weight excluding hydrogens is 242 g/mol. The maximum Gasteiger partial charge on any atom is 0.0346 e. The lowest BCUT2D eigenvalue weighted by molar-refractivity contribution is 0.108. The number of benzene rings is 1. The van der Waals surface area contributed by atoms with Gasteiger partial charge < -0.3 is 0 Å². The molecule has 2 atom stereocenters. The van der Waals surface area contributed by atoms with Crippen molar-refractivity contribution >= 4 is 10.8 Å². The highest BCUT2D eigenvalue weighted by atomic mass is 14.6. The molecule has 3 rings (SSSR count). The number of rotatable bonds is 2. The van der Waals surface area contributed by atoms with Gasteiger partial charge in [-0.3, -0.25) is 4.98 Å². The third kappa shape index (κ3) is 1.87. The Morgan fingerprint density at radius 1 is 1.15 bits per heavy atom. The Balaban J connectivity index is 2.07. The van der Waals surface area contributed by atoms with Gasteiger partial charge in [-0.05, 0) is 59.1 Å². The monoisotopic (exact) mass is 267 g/mol. The second-order valence-corrected chi connectivity index (χ2v) is 7.23. The Bertz CT molecular complexity index is 628. The van der Waals surface area contributed by atoms with Crippen LogP contribution in [0, 0.1) is 10.8 Å². The molecule has 0 amide bonds. The summed E-state index contributed by atoms with van der Waals surface area (Å²) in [5.41, 5.74) is 2.32. The lowest BCUT2D eigenvalue weighted by atomic mass is 9.62. The standard InChI is InChI=1S/C19H25N/c1-5-19(4)17(8-10-18(19,2)3)15-7-6-14-9-11-20-13-16(14)12-15/h6-7,9,11-13,17H,5,8,10H2,1-4H3. The van der Waals surface area contributed by atoms with Crippen LogP contribution in [-0.4, -0.2) is 4.98 Å². The predicted molar refractivity (Wildman–Crippen MR) is 85.9 cm³/mol. The van der Waals surface area contributed by atoms with E-state index in [4.69, 9.17) is 0 Å². The van der Waals surface area contributed by atoms with Crippen molar-refractivity contribution in [3.63, 3.8) is 0 Å². The fourth-order valence-corrected chi connectivity index (χ4v) is 4.16. The maximum atomic E-state index is 4.27. The van der Waals surface area contributed by atoms with E-state index >= 15 is 0 Å². The van der Waals surface area contributed by atoms with E-state index in [1.165, 1.54) is 35.6 Å². The first-order chi connectivity index (χ1) is 9.48. The second-order valence-electron chi connectivity index (χ2n) is 7.23. The normalized spacial score (nSPS) is 28.9. The Morgan fingerprint density at radius 3 is 2.70 bits per heavy atom.